The minimum atomic E-state index is -3.97. The zero-order valence-electron chi connectivity index (χ0n) is 20.8. The van der Waals surface area contributed by atoms with Gasteiger partial charge in [0, 0.05) is 19.6 Å². The maximum Gasteiger partial charge on any atom is 0.410 e. The van der Waals surface area contributed by atoms with E-state index in [9.17, 15) is 28.2 Å². The Morgan fingerprint density at radius 2 is 1.75 bits per heavy atom. The van der Waals surface area contributed by atoms with E-state index in [0.717, 1.165) is 0 Å². The number of hydrogen-bond donors (Lipinski definition) is 3. The lowest BCUT2D eigenvalue weighted by Gasteiger charge is -2.43. The van der Waals surface area contributed by atoms with Crippen LogP contribution in [0.25, 0.3) is 0 Å². The molecule has 3 N–H and O–H groups in total. The third kappa shape index (κ3) is 6.55. The Morgan fingerprint density at radius 1 is 1.11 bits per heavy atom. The maximum atomic E-state index is 13.9. The molecule has 1 aliphatic rings. The SMILES string of the molecule is CC(C)(C)OC(=O)N1CCCC(CN[C@@H](Cc2ccc(O)cc2)C(=O)O)(S(=O)(=O)c2ccccc2)C1. The number of carbonyl (C=O) groups excluding carboxylic acids is 1. The molecule has 0 radical (unpaired) electrons. The fourth-order valence-electron chi connectivity index (χ4n) is 4.31. The van der Waals surface area contributed by atoms with E-state index in [1.807, 2.05) is 0 Å². The van der Waals surface area contributed by atoms with Crippen molar-refractivity contribution < 1.29 is 33.0 Å². The number of phenols is 1. The number of aliphatic carboxylic acids is 1. The van der Waals surface area contributed by atoms with Crippen LogP contribution in [-0.2, 0) is 25.8 Å². The Hall–Kier alpha value is -3.11. The molecule has 2 atom stereocenters. The number of carboxylic acid groups (broad SMARTS) is 1. The van der Waals surface area contributed by atoms with E-state index in [0.29, 0.717) is 18.5 Å². The predicted octanol–water partition coefficient (Wildman–Crippen LogP) is 3.22. The van der Waals surface area contributed by atoms with Crippen LogP contribution in [0.5, 0.6) is 5.75 Å². The topological polar surface area (TPSA) is 133 Å². The van der Waals surface area contributed by atoms with Gasteiger partial charge in [0.25, 0.3) is 0 Å². The number of carboxylic acids is 1. The Bertz CT molecular complexity index is 1160. The van der Waals surface area contributed by atoms with E-state index in [4.69, 9.17) is 4.74 Å². The standard InChI is InChI=1S/C26H34N2O7S/c1-25(2,3)35-24(32)28-15-7-14-26(18-28,36(33,34)21-8-5-4-6-9-21)17-27-22(23(30)31)16-19-10-12-20(29)13-11-19/h4-6,8-13,22,27,29H,7,14-18H2,1-3H3,(H,30,31)/t22-,26?/m0/s1. The number of piperidine rings is 1. The molecule has 0 saturated carbocycles. The molecule has 1 amide bonds. The molecule has 1 fully saturated rings. The average molecular weight is 519 g/mol. The van der Waals surface area contributed by atoms with Crippen molar-refractivity contribution in [2.75, 3.05) is 19.6 Å². The van der Waals surface area contributed by atoms with Crippen LogP contribution in [0.4, 0.5) is 4.79 Å². The predicted molar refractivity (Wildman–Crippen MR) is 135 cm³/mol. The normalized spacial score (nSPS) is 19.5. The van der Waals surface area contributed by atoms with E-state index >= 15 is 0 Å². The number of rotatable bonds is 8. The first-order chi connectivity index (χ1) is 16.8. The van der Waals surface area contributed by atoms with Gasteiger partial charge in [-0.3, -0.25) is 4.79 Å². The molecule has 196 valence electrons. The van der Waals surface area contributed by atoms with Crippen molar-refractivity contribution in [2.24, 2.45) is 0 Å². The molecular formula is C26H34N2O7S. The Labute approximate surface area is 212 Å². The second kappa shape index (κ2) is 10.9. The number of phenolic OH excluding ortho intramolecular Hbond substituents is 1. The van der Waals surface area contributed by atoms with Gasteiger partial charge in [-0.25, -0.2) is 13.2 Å². The van der Waals surface area contributed by atoms with E-state index in [1.165, 1.54) is 29.2 Å². The zero-order valence-corrected chi connectivity index (χ0v) is 21.6. The van der Waals surface area contributed by atoms with Crippen LogP contribution in [-0.4, -0.2) is 71.6 Å². The lowest BCUT2D eigenvalue weighted by atomic mass is 9.96. The van der Waals surface area contributed by atoms with Crippen LogP contribution in [0.2, 0.25) is 0 Å². The van der Waals surface area contributed by atoms with E-state index in [2.05, 4.69) is 5.32 Å². The summed E-state index contributed by atoms with van der Waals surface area (Å²) in [5.41, 5.74) is -0.0709. The van der Waals surface area contributed by atoms with Crippen LogP contribution in [0, 0.1) is 0 Å². The molecule has 1 heterocycles. The highest BCUT2D eigenvalue weighted by atomic mass is 32.2. The van der Waals surface area contributed by atoms with Crippen LogP contribution < -0.4 is 5.32 Å². The highest BCUT2D eigenvalue weighted by molar-refractivity contribution is 7.93. The molecule has 0 aromatic heterocycles. The molecule has 0 spiro atoms. The van der Waals surface area contributed by atoms with Crippen molar-refractivity contribution >= 4 is 21.9 Å². The fraction of sp³-hybridized carbons (Fsp3) is 0.462. The minimum absolute atomic E-state index is 0.0657. The quantitative estimate of drug-likeness (QED) is 0.485. The summed E-state index contributed by atoms with van der Waals surface area (Å²) in [6.45, 7) is 5.27. The number of aromatic hydroxyl groups is 1. The third-order valence-corrected chi connectivity index (χ3v) is 8.67. The number of sulfone groups is 1. The summed E-state index contributed by atoms with van der Waals surface area (Å²) in [6, 6.07) is 13.1. The summed E-state index contributed by atoms with van der Waals surface area (Å²) in [4.78, 5) is 26.4. The van der Waals surface area contributed by atoms with Gasteiger partial charge in [0.1, 0.15) is 22.1 Å². The number of benzene rings is 2. The Balaban J connectivity index is 1.92. The largest absolute Gasteiger partial charge is 0.508 e. The van der Waals surface area contributed by atoms with E-state index in [-0.39, 0.29) is 36.6 Å². The number of likely N-dealkylation sites (tertiary alicyclic amines) is 1. The van der Waals surface area contributed by atoms with Gasteiger partial charge >= 0.3 is 12.1 Å². The first-order valence-corrected chi connectivity index (χ1v) is 13.3. The molecule has 1 aliphatic heterocycles. The summed E-state index contributed by atoms with van der Waals surface area (Å²) in [5.74, 6) is -1.06. The minimum Gasteiger partial charge on any atom is -0.508 e. The summed E-state index contributed by atoms with van der Waals surface area (Å²) in [6.07, 6.45) is 0.158. The van der Waals surface area contributed by atoms with Crippen molar-refractivity contribution in [3.8, 4) is 5.75 Å². The second-order valence-electron chi connectivity index (χ2n) is 10.1. The van der Waals surface area contributed by atoms with Gasteiger partial charge in [0.15, 0.2) is 9.84 Å². The summed E-state index contributed by atoms with van der Waals surface area (Å²) < 4.78 is 31.9. The first kappa shape index (κ1) is 27.5. The number of carbonyl (C=O) groups is 2. The number of ether oxygens (including phenoxy) is 1. The van der Waals surface area contributed by atoms with Gasteiger partial charge in [-0.2, -0.15) is 0 Å². The molecule has 2 aromatic carbocycles. The number of nitrogens with one attached hydrogen (secondary N) is 1. The van der Waals surface area contributed by atoms with Gasteiger partial charge in [0.05, 0.1) is 4.90 Å². The van der Waals surface area contributed by atoms with Crippen molar-refractivity contribution in [1.29, 1.82) is 0 Å². The molecule has 3 rings (SSSR count). The van der Waals surface area contributed by atoms with Crippen molar-refractivity contribution in [3.63, 3.8) is 0 Å². The maximum absolute atomic E-state index is 13.9. The lowest BCUT2D eigenvalue weighted by Crippen LogP contribution is -2.61. The fourth-order valence-corrected chi connectivity index (χ4v) is 6.34. The Kier molecular flexibility index (Phi) is 8.30. The number of nitrogens with zero attached hydrogens (tertiary/aromatic N) is 1. The first-order valence-electron chi connectivity index (χ1n) is 11.8. The van der Waals surface area contributed by atoms with Crippen LogP contribution in [0.3, 0.4) is 0 Å². The molecular weight excluding hydrogens is 484 g/mol. The monoisotopic (exact) mass is 518 g/mol. The Morgan fingerprint density at radius 3 is 2.33 bits per heavy atom. The lowest BCUT2D eigenvalue weighted by molar-refractivity contribution is -0.139. The van der Waals surface area contributed by atoms with Crippen molar-refractivity contribution in [1.82, 2.24) is 10.2 Å². The van der Waals surface area contributed by atoms with Gasteiger partial charge < -0.3 is 25.2 Å². The molecule has 1 saturated heterocycles. The van der Waals surface area contributed by atoms with Gasteiger partial charge in [-0.15, -0.1) is 0 Å². The number of hydrogen-bond acceptors (Lipinski definition) is 7. The van der Waals surface area contributed by atoms with Crippen molar-refractivity contribution in [3.05, 3.63) is 60.2 Å². The molecule has 1 unspecified atom stereocenters. The van der Waals surface area contributed by atoms with Gasteiger partial charge in [0.2, 0.25) is 0 Å². The van der Waals surface area contributed by atoms with Crippen molar-refractivity contribution in [2.45, 2.75) is 61.3 Å². The summed E-state index contributed by atoms with van der Waals surface area (Å²) >= 11 is 0. The second-order valence-corrected chi connectivity index (χ2v) is 12.5. The molecule has 0 aliphatic carbocycles. The van der Waals surface area contributed by atoms with E-state index < -0.39 is 38.3 Å². The molecule has 9 nitrogen and oxygen atoms in total. The summed E-state index contributed by atoms with van der Waals surface area (Å²) in [7, 11) is -3.97. The molecule has 10 heteroatoms. The van der Waals surface area contributed by atoms with Gasteiger partial charge in [-0.05, 0) is 69.9 Å². The highest BCUT2D eigenvalue weighted by Crippen LogP contribution is 2.35. The average Bonchev–Trinajstić information content (AvgIpc) is 2.82. The van der Waals surface area contributed by atoms with Crippen LogP contribution >= 0.6 is 0 Å². The third-order valence-electron chi connectivity index (χ3n) is 6.16. The molecule has 2 aromatic rings. The number of amides is 1. The zero-order chi connectivity index (χ0) is 26.6. The van der Waals surface area contributed by atoms with Crippen LogP contribution in [0.1, 0.15) is 39.2 Å². The molecule has 36 heavy (non-hydrogen) atoms. The molecule has 0 bridgehead atoms. The van der Waals surface area contributed by atoms with Crippen LogP contribution in [0.15, 0.2) is 59.5 Å². The van der Waals surface area contributed by atoms with Gasteiger partial charge in [-0.1, -0.05) is 30.3 Å². The van der Waals surface area contributed by atoms with E-state index in [1.54, 1.807) is 51.1 Å². The summed E-state index contributed by atoms with van der Waals surface area (Å²) in [5, 5.41) is 22.3. The smallest absolute Gasteiger partial charge is 0.410 e. The highest BCUT2D eigenvalue weighted by Gasteiger charge is 2.49.